The van der Waals surface area contributed by atoms with E-state index < -0.39 is 11.7 Å². The van der Waals surface area contributed by atoms with Crippen molar-refractivity contribution < 1.29 is 27.1 Å². The van der Waals surface area contributed by atoms with Crippen molar-refractivity contribution in [3.63, 3.8) is 0 Å². The summed E-state index contributed by atoms with van der Waals surface area (Å²) in [4.78, 5) is 17.0. The second-order valence-electron chi connectivity index (χ2n) is 9.16. The molecule has 0 aromatic heterocycles. The van der Waals surface area contributed by atoms with E-state index >= 15 is 0 Å². The number of carbonyl (C=O) groups excluding carboxylic acids is 1. The van der Waals surface area contributed by atoms with Gasteiger partial charge in [-0.3, -0.25) is 4.79 Å². The largest absolute Gasteiger partial charge is 0.412 e. The molecule has 0 atom stereocenters. The van der Waals surface area contributed by atoms with Crippen LogP contribution in [-0.4, -0.2) is 62.9 Å². The number of hydrogen-bond acceptors (Lipinski definition) is 4. The van der Waals surface area contributed by atoms with Gasteiger partial charge in [0.2, 0.25) is 5.91 Å². The Hall–Kier alpha value is -2.65. The van der Waals surface area contributed by atoms with Crippen molar-refractivity contribution in [1.82, 2.24) is 4.90 Å². The highest BCUT2D eigenvalue weighted by atomic mass is 19.4. The number of ether oxygens (including phenoxy) is 1. The van der Waals surface area contributed by atoms with Crippen LogP contribution in [0.4, 0.5) is 28.9 Å². The zero-order valence-corrected chi connectivity index (χ0v) is 22.0. The van der Waals surface area contributed by atoms with Crippen molar-refractivity contribution in [3.8, 4) is 0 Å². The Morgan fingerprint density at radius 1 is 1.14 bits per heavy atom. The van der Waals surface area contributed by atoms with Crippen LogP contribution in [0, 0.1) is 11.7 Å². The molecule has 1 aromatic rings. The molecule has 0 radical (unpaired) electrons. The van der Waals surface area contributed by atoms with Crippen molar-refractivity contribution in [1.29, 1.82) is 0 Å². The molecule has 1 amide bonds. The highest BCUT2D eigenvalue weighted by Crippen LogP contribution is 2.26. The van der Waals surface area contributed by atoms with Crippen LogP contribution < -0.4 is 10.2 Å². The lowest BCUT2D eigenvalue weighted by atomic mass is 9.95. The molecule has 37 heavy (non-hydrogen) atoms. The SMILES string of the molecule is C/C=C(\C)C(F)(F)F.C=C/C(=C\C)CCN1CCC(C(=O)Nc2ccc(N3CCOCC3)c(F)c2)CC1. The van der Waals surface area contributed by atoms with Gasteiger partial charge in [-0.2, -0.15) is 13.2 Å². The van der Waals surface area contributed by atoms with E-state index in [1.165, 1.54) is 18.6 Å². The summed E-state index contributed by atoms with van der Waals surface area (Å²) in [5.74, 6) is -0.334. The van der Waals surface area contributed by atoms with E-state index in [9.17, 15) is 22.4 Å². The number of anilines is 2. The van der Waals surface area contributed by atoms with E-state index in [0.29, 0.717) is 37.7 Å². The minimum Gasteiger partial charge on any atom is -0.378 e. The molecule has 2 fully saturated rings. The Kier molecular flexibility index (Phi) is 12.3. The Labute approximate surface area is 217 Å². The number of halogens is 4. The van der Waals surface area contributed by atoms with Gasteiger partial charge in [0.15, 0.2) is 0 Å². The van der Waals surface area contributed by atoms with Crippen molar-refractivity contribution in [2.75, 3.05) is 56.2 Å². The molecule has 206 valence electrons. The number of hydrogen-bond donors (Lipinski definition) is 1. The fourth-order valence-corrected chi connectivity index (χ4v) is 4.12. The summed E-state index contributed by atoms with van der Waals surface area (Å²) in [6.45, 7) is 13.7. The molecule has 2 aliphatic heterocycles. The minimum absolute atomic E-state index is 0.0107. The molecule has 2 saturated heterocycles. The Morgan fingerprint density at radius 3 is 2.27 bits per heavy atom. The second kappa shape index (κ2) is 14.9. The Bertz CT molecular complexity index is 945. The zero-order chi connectivity index (χ0) is 27.4. The van der Waals surface area contributed by atoms with Crippen LogP contribution >= 0.6 is 0 Å². The van der Waals surface area contributed by atoms with Gasteiger partial charge in [-0.05, 0) is 71.3 Å². The molecule has 0 bridgehead atoms. The zero-order valence-electron chi connectivity index (χ0n) is 22.0. The monoisotopic (exact) mass is 525 g/mol. The summed E-state index contributed by atoms with van der Waals surface area (Å²) in [6, 6.07) is 4.96. The van der Waals surface area contributed by atoms with Gasteiger partial charge in [-0.25, -0.2) is 4.39 Å². The topological polar surface area (TPSA) is 44.8 Å². The van der Waals surface area contributed by atoms with Gasteiger partial charge in [0.1, 0.15) is 5.82 Å². The summed E-state index contributed by atoms with van der Waals surface area (Å²) < 4.78 is 54.0. The van der Waals surface area contributed by atoms with Crippen molar-refractivity contribution in [2.24, 2.45) is 5.92 Å². The maximum Gasteiger partial charge on any atom is 0.412 e. The highest BCUT2D eigenvalue weighted by Gasteiger charge is 2.28. The summed E-state index contributed by atoms with van der Waals surface area (Å²) in [5.41, 5.74) is 1.81. The molecule has 0 unspecified atom stereocenters. The molecule has 9 heteroatoms. The number of morpholine rings is 1. The second-order valence-corrected chi connectivity index (χ2v) is 9.16. The predicted octanol–water partition coefficient (Wildman–Crippen LogP) is 6.35. The predicted molar refractivity (Wildman–Crippen MR) is 141 cm³/mol. The van der Waals surface area contributed by atoms with Gasteiger partial charge >= 0.3 is 6.18 Å². The molecule has 5 nitrogen and oxygen atoms in total. The molecule has 0 saturated carbocycles. The van der Waals surface area contributed by atoms with E-state index in [2.05, 4.69) is 22.9 Å². The van der Waals surface area contributed by atoms with Crippen molar-refractivity contribution >= 4 is 17.3 Å². The lowest BCUT2D eigenvalue weighted by Crippen LogP contribution is -2.38. The van der Waals surface area contributed by atoms with Crippen LogP contribution in [0.15, 0.2) is 54.2 Å². The minimum atomic E-state index is -4.13. The lowest BCUT2D eigenvalue weighted by Gasteiger charge is -2.31. The third-order valence-corrected chi connectivity index (χ3v) is 6.76. The molecular formula is C28H39F4N3O2. The smallest absolute Gasteiger partial charge is 0.378 e. The van der Waals surface area contributed by atoms with Crippen LogP contribution in [0.25, 0.3) is 0 Å². The number of piperidine rings is 1. The normalized spacial score (nSPS) is 18.2. The van der Waals surface area contributed by atoms with E-state index in [0.717, 1.165) is 51.9 Å². The van der Waals surface area contributed by atoms with Crippen molar-refractivity contribution in [3.05, 3.63) is 60.0 Å². The van der Waals surface area contributed by atoms with Crippen LogP contribution in [0.3, 0.4) is 0 Å². The van der Waals surface area contributed by atoms with Gasteiger partial charge in [-0.15, -0.1) is 0 Å². The number of nitrogens with zero attached hydrogens (tertiary/aromatic N) is 2. The quantitative estimate of drug-likeness (QED) is 0.256. The van der Waals surface area contributed by atoms with Gasteiger partial charge in [0.05, 0.1) is 18.9 Å². The first-order valence-corrected chi connectivity index (χ1v) is 12.7. The molecule has 1 aromatic carbocycles. The number of allylic oxidation sites excluding steroid dienone is 4. The lowest BCUT2D eigenvalue weighted by molar-refractivity contribution is -0.121. The molecule has 3 rings (SSSR count). The molecule has 0 aliphatic carbocycles. The van der Waals surface area contributed by atoms with Gasteiger partial charge in [-0.1, -0.05) is 30.4 Å². The molecule has 2 heterocycles. The average molecular weight is 526 g/mol. The molecular weight excluding hydrogens is 486 g/mol. The third-order valence-electron chi connectivity index (χ3n) is 6.76. The molecule has 2 aliphatic rings. The van der Waals surface area contributed by atoms with Crippen molar-refractivity contribution in [2.45, 2.75) is 46.2 Å². The number of alkyl halides is 3. The van der Waals surface area contributed by atoms with Crippen LogP contribution in [0.1, 0.15) is 40.0 Å². The van der Waals surface area contributed by atoms with E-state index in [4.69, 9.17) is 4.74 Å². The van der Waals surface area contributed by atoms with E-state index in [-0.39, 0.29) is 17.6 Å². The van der Waals surface area contributed by atoms with Crippen LogP contribution in [0.2, 0.25) is 0 Å². The maximum absolute atomic E-state index is 14.5. The summed E-state index contributed by atoms with van der Waals surface area (Å²) in [5, 5.41) is 2.90. The maximum atomic E-state index is 14.5. The number of likely N-dealkylation sites (tertiary alicyclic amines) is 1. The number of carbonyl (C=O) groups is 1. The fourth-order valence-electron chi connectivity index (χ4n) is 4.12. The molecule has 1 N–H and O–H groups in total. The summed E-state index contributed by atoms with van der Waals surface area (Å²) >= 11 is 0. The summed E-state index contributed by atoms with van der Waals surface area (Å²) in [6.07, 6.45) is 3.57. The van der Waals surface area contributed by atoms with Crippen LogP contribution in [-0.2, 0) is 9.53 Å². The first-order chi connectivity index (χ1) is 17.6. The first kappa shape index (κ1) is 30.6. The third kappa shape index (κ3) is 9.97. The van der Waals surface area contributed by atoms with Gasteiger partial charge < -0.3 is 19.9 Å². The summed E-state index contributed by atoms with van der Waals surface area (Å²) in [7, 11) is 0. The number of amides is 1. The molecule has 0 spiro atoms. The van der Waals surface area contributed by atoms with Crippen LogP contribution in [0.5, 0.6) is 0 Å². The first-order valence-electron chi connectivity index (χ1n) is 12.7. The fraction of sp³-hybridized carbons (Fsp3) is 0.536. The number of benzene rings is 1. The van der Waals surface area contributed by atoms with Gasteiger partial charge in [0.25, 0.3) is 0 Å². The van der Waals surface area contributed by atoms with E-state index in [1.54, 1.807) is 12.1 Å². The van der Waals surface area contributed by atoms with Gasteiger partial charge in [0, 0.05) is 36.8 Å². The van der Waals surface area contributed by atoms with E-state index in [1.807, 2.05) is 17.9 Å². The average Bonchev–Trinajstić information content (AvgIpc) is 2.89. The number of nitrogens with one attached hydrogen (secondary N) is 1. The Morgan fingerprint density at radius 2 is 1.78 bits per heavy atom. The Balaban J connectivity index is 0.000000521. The standard InChI is InChI=1S/C23H32FN3O2.C5H7F3/c1-3-18(4-2)7-10-26-11-8-19(9-12-26)23(28)25-20-5-6-22(21(24)17-20)27-13-15-29-16-14-27;1-3-4(2)5(6,7)8/h3-6,17,19H,1,7-16H2,2H3,(H,25,28);3H,1-2H3/b18-4+;4-3+. The number of rotatable bonds is 7. The highest BCUT2D eigenvalue weighted by molar-refractivity contribution is 5.92.